The van der Waals surface area contributed by atoms with Crippen LogP contribution in [0.1, 0.15) is 41.8 Å². The van der Waals surface area contributed by atoms with Crippen LogP contribution in [0.4, 0.5) is 24.5 Å². The molecule has 1 N–H and O–H groups in total. The summed E-state index contributed by atoms with van der Waals surface area (Å²) < 4.78 is 38.2. The molecule has 0 unspecified atom stereocenters. The maximum atomic E-state index is 12.7. The predicted octanol–water partition coefficient (Wildman–Crippen LogP) is 4.15. The van der Waals surface area contributed by atoms with Gasteiger partial charge in [-0.05, 0) is 54.8 Å². The number of nitrogens with one attached hydrogen (secondary N) is 1. The van der Waals surface area contributed by atoms with Crippen molar-refractivity contribution in [3.8, 4) is 0 Å². The Kier molecular flexibility index (Phi) is 6.86. The van der Waals surface area contributed by atoms with Crippen LogP contribution in [0.2, 0.25) is 0 Å². The van der Waals surface area contributed by atoms with Gasteiger partial charge in [-0.15, -0.1) is 0 Å². The van der Waals surface area contributed by atoms with E-state index in [0.717, 1.165) is 11.3 Å². The summed E-state index contributed by atoms with van der Waals surface area (Å²) in [5, 5.41) is 2.74. The molecular formula is C23H24F3N3O3. The Morgan fingerprint density at radius 3 is 2.50 bits per heavy atom. The molecule has 0 bridgehead atoms. The number of nitrogens with zero attached hydrogens (tertiary/aromatic N) is 2. The summed E-state index contributed by atoms with van der Waals surface area (Å²) in [6.07, 6.45) is -3.87. The second-order valence-corrected chi connectivity index (χ2v) is 7.46. The first-order valence-corrected chi connectivity index (χ1v) is 10.3. The second-order valence-electron chi connectivity index (χ2n) is 7.46. The Morgan fingerprint density at radius 2 is 1.84 bits per heavy atom. The van der Waals surface area contributed by atoms with Crippen molar-refractivity contribution >= 4 is 29.1 Å². The van der Waals surface area contributed by atoms with Crippen molar-refractivity contribution in [3.05, 3.63) is 59.2 Å². The molecule has 2 aromatic rings. The van der Waals surface area contributed by atoms with E-state index in [1.54, 1.807) is 54.3 Å². The topological polar surface area (TPSA) is 69.7 Å². The van der Waals surface area contributed by atoms with Crippen LogP contribution < -0.4 is 10.2 Å². The highest BCUT2D eigenvalue weighted by molar-refractivity contribution is 6.05. The summed E-state index contributed by atoms with van der Waals surface area (Å²) >= 11 is 0. The number of alkyl halides is 3. The van der Waals surface area contributed by atoms with Crippen LogP contribution in [0.15, 0.2) is 42.5 Å². The smallest absolute Gasteiger partial charge is 0.331 e. The number of rotatable bonds is 6. The van der Waals surface area contributed by atoms with Crippen molar-refractivity contribution < 1.29 is 27.6 Å². The summed E-state index contributed by atoms with van der Waals surface area (Å²) in [7, 11) is 0. The number of anilines is 2. The molecule has 2 aromatic carbocycles. The molecule has 9 heteroatoms. The minimum Gasteiger partial charge on any atom is -0.331 e. The van der Waals surface area contributed by atoms with E-state index in [2.05, 4.69) is 5.32 Å². The maximum absolute atomic E-state index is 12.7. The van der Waals surface area contributed by atoms with Crippen LogP contribution in [0, 0.1) is 0 Å². The van der Waals surface area contributed by atoms with Crippen molar-refractivity contribution in [3.63, 3.8) is 0 Å². The summed E-state index contributed by atoms with van der Waals surface area (Å²) in [5.74, 6) is -2.24. The molecular weight excluding hydrogens is 423 g/mol. The predicted molar refractivity (Wildman–Crippen MR) is 114 cm³/mol. The number of carbonyl (C=O) groups is 3. The van der Waals surface area contributed by atoms with Gasteiger partial charge in [0.2, 0.25) is 5.91 Å². The lowest BCUT2D eigenvalue weighted by molar-refractivity contribution is -0.185. The number of halogens is 3. The Bertz CT molecular complexity index is 1040. The van der Waals surface area contributed by atoms with Crippen LogP contribution in [0.3, 0.4) is 0 Å². The lowest BCUT2D eigenvalue weighted by Crippen LogP contribution is -2.40. The average molecular weight is 447 g/mol. The third kappa shape index (κ3) is 5.09. The summed E-state index contributed by atoms with van der Waals surface area (Å²) in [4.78, 5) is 38.7. The van der Waals surface area contributed by atoms with E-state index in [1.165, 1.54) is 6.92 Å². The van der Waals surface area contributed by atoms with Gasteiger partial charge < -0.3 is 15.1 Å². The third-order valence-electron chi connectivity index (χ3n) is 5.31. The molecule has 0 saturated carbocycles. The highest BCUT2D eigenvalue weighted by atomic mass is 19.4. The number of amides is 3. The van der Waals surface area contributed by atoms with Crippen LogP contribution in [-0.2, 0) is 22.6 Å². The largest absolute Gasteiger partial charge is 0.471 e. The van der Waals surface area contributed by atoms with Gasteiger partial charge in [0, 0.05) is 43.0 Å². The number of benzene rings is 2. The van der Waals surface area contributed by atoms with Gasteiger partial charge in [0.1, 0.15) is 0 Å². The number of hydrogen-bond donors (Lipinski definition) is 1. The minimum absolute atomic E-state index is 0.0305. The van der Waals surface area contributed by atoms with Crippen LogP contribution in [-0.4, -0.2) is 41.9 Å². The van der Waals surface area contributed by atoms with Crippen molar-refractivity contribution in [1.82, 2.24) is 4.90 Å². The third-order valence-corrected chi connectivity index (χ3v) is 5.31. The SMILES string of the molecule is CCC(=O)N1CCc2cc(C(=O)Nc3cccc(CN(CC)C(=O)C(F)(F)F)c3)ccc21. The molecule has 1 heterocycles. The molecule has 0 radical (unpaired) electrons. The molecule has 0 aliphatic carbocycles. The fraction of sp³-hybridized carbons (Fsp3) is 0.348. The van der Waals surface area contributed by atoms with Gasteiger partial charge in [0.25, 0.3) is 5.91 Å². The van der Waals surface area contributed by atoms with E-state index in [1.807, 2.05) is 0 Å². The highest BCUT2D eigenvalue weighted by Crippen LogP contribution is 2.30. The number of carbonyl (C=O) groups excluding carboxylic acids is 3. The molecule has 6 nitrogen and oxygen atoms in total. The molecule has 0 spiro atoms. The molecule has 170 valence electrons. The Labute approximate surface area is 184 Å². The van der Waals surface area contributed by atoms with E-state index in [4.69, 9.17) is 0 Å². The van der Waals surface area contributed by atoms with E-state index in [-0.39, 0.29) is 24.9 Å². The first kappa shape index (κ1) is 23.3. The Morgan fingerprint density at radius 1 is 1.09 bits per heavy atom. The van der Waals surface area contributed by atoms with Gasteiger partial charge in [-0.2, -0.15) is 13.2 Å². The normalized spacial score (nSPS) is 13.0. The zero-order valence-electron chi connectivity index (χ0n) is 17.8. The molecule has 0 aromatic heterocycles. The Hall–Kier alpha value is -3.36. The van der Waals surface area contributed by atoms with Gasteiger partial charge in [-0.25, -0.2) is 0 Å². The van der Waals surface area contributed by atoms with E-state index < -0.39 is 12.1 Å². The van der Waals surface area contributed by atoms with E-state index in [0.29, 0.717) is 41.1 Å². The van der Waals surface area contributed by atoms with Gasteiger partial charge in [0.15, 0.2) is 0 Å². The van der Waals surface area contributed by atoms with Crippen LogP contribution >= 0.6 is 0 Å². The quantitative estimate of drug-likeness (QED) is 0.723. The standard InChI is InChI=1S/C23H24F3N3O3/c1-3-20(30)29-11-10-16-13-17(8-9-19(16)29)21(31)27-18-7-5-6-15(12-18)14-28(4-2)22(32)23(24,25)26/h5-9,12-13H,3-4,10-11,14H2,1-2H3,(H,27,31). The number of hydrogen-bond acceptors (Lipinski definition) is 3. The van der Waals surface area contributed by atoms with Crippen molar-refractivity contribution in [1.29, 1.82) is 0 Å². The molecule has 1 aliphatic heterocycles. The first-order chi connectivity index (χ1) is 15.1. The maximum Gasteiger partial charge on any atom is 0.471 e. The lowest BCUT2D eigenvalue weighted by atomic mass is 10.1. The fourth-order valence-corrected chi connectivity index (χ4v) is 3.67. The molecule has 1 aliphatic rings. The first-order valence-electron chi connectivity index (χ1n) is 10.3. The zero-order chi connectivity index (χ0) is 23.5. The zero-order valence-corrected chi connectivity index (χ0v) is 17.8. The van der Waals surface area contributed by atoms with Crippen LogP contribution in [0.5, 0.6) is 0 Å². The molecule has 3 rings (SSSR count). The minimum atomic E-state index is -4.94. The van der Waals surface area contributed by atoms with Gasteiger partial charge in [-0.1, -0.05) is 19.1 Å². The van der Waals surface area contributed by atoms with Crippen molar-refractivity contribution in [2.45, 2.75) is 39.4 Å². The van der Waals surface area contributed by atoms with Gasteiger partial charge in [-0.3, -0.25) is 14.4 Å². The molecule has 3 amide bonds. The van der Waals surface area contributed by atoms with E-state index >= 15 is 0 Å². The second kappa shape index (κ2) is 9.42. The molecule has 0 atom stereocenters. The van der Waals surface area contributed by atoms with Crippen LogP contribution in [0.25, 0.3) is 0 Å². The average Bonchev–Trinajstić information content (AvgIpc) is 3.19. The van der Waals surface area contributed by atoms with Crippen molar-refractivity contribution in [2.24, 2.45) is 0 Å². The Balaban J connectivity index is 1.71. The summed E-state index contributed by atoms with van der Waals surface area (Å²) in [6.45, 7) is 3.54. The summed E-state index contributed by atoms with van der Waals surface area (Å²) in [6, 6.07) is 11.5. The lowest BCUT2D eigenvalue weighted by Gasteiger charge is -2.22. The fourth-order valence-electron chi connectivity index (χ4n) is 3.67. The highest BCUT2D eigenvalue weighted by Gasteiger charge is 2.41. The van der Waals surface area contributed by atoms with Crippen molar-refractivity contribution in [2.75, 3.05) is 23.3 Å². The molecule has 32 heavy (non-hydrogen) atoms. The molecule has 0 saturated heterocycles. The van der Waals surface area contributed by atoms with E-state index in [9.17, 15) is 27.6 Å². The molecule has 0 fully saturated rings. The monoisotopic (exact) mass is 447 g/mol. The van der Waals surface area contributed by atoms with Gasteiger partial charge >= 0.3 is 12.1 Å². The number of fused-ring (bicyclic) bond motifs is 1. The van der Waals surface area contributed by atoms with Gasteiger partial charge in [0.05, 0.1) is 0 Å². The summed E-state index contributed by atoms with van der Waals surface area (Å²) in [5.41, 5.74) is 3.01.